The number of likely N-dealkylation sites (N-methyl/N-ethyl adjacent to an activating group) is 1. The third kappa shape index (κ3) is 4.63. The Balaban J connectivity index is 1.58. The summed E-state index contributed by atoms with van der Waals surface area (Å²) in [5, 5.41) is 1.39. The van der Waals surface area contributed by atoms with Gasteiger partial charge in [-0.05, 0) is 23.3 Å². The zero-order valence-corrected chi connectivity index (χ0v) is 18.2. The number of halogens is 2. The van der Waals surface area contributed by atoms with Crippen LogP contribution in [0.5, 0.6) is 5.88 Å². The Hall–Kier alpha value is -3.15. The predicted octanol–water partition coefficient (Wildman–Crippen LogP) is 5.56. The van der Waals surface area contributed by atoms with Gasteiger partial charge in [0.05, 0.1) is 22.0 Å². The highest BCUT2D eigenvalue weighted by Crippen LogP contribution is 2.31. The molecule has 5 nitrogen and oxygen atoms in total. The van der Waals surface area contributed by atoms with Gasteiger partial charge in [0.15, 0.2) is 6.61 Å². The maximum atomic E-state index is 13.1. The third-order valence-electron chi connectivity index (χ3n) is 4.96. The standard InChI is InChI=1S/C24H19Cl2N3O2/c1-29(23(16-8-4-2-5-9-16)17-10-6-3-7-11-17)21(30)14-31-24-19-12-18(25)13-20(26)22(19)27-15-28-24/h2-13,15,23H,14H2,1H3. The summed E-state index contributed by atoms with van der Waals surface area (Å²) in [5.74, 6) is 0.0599. The molecule has 156 valence electrons. The highest BCUT2D eigenvalue weighted by Gasteiger charge is 2.24. The number of benzene rings is 3. The summed E-state index contributed by atoms with van der Waals surface area (Å²) < 4.78 is 5.77. The van der Waals surface area contributed by atoms with Gasteiger partial charge in [0.2, 0.25) is 5.88 Å². The van der Waals surface area contributed by atoms with Crippen molar-refractivity contribution in [2.45, 2.75) is 6.04 Å². The second-order valence-electron chi connectivity index (χ2n) is 6.98. The first-order valence-electron chi connectivity index (χ1n) is 9.62. The molecule has 0 fully saturated rings. The summed E-state index contributed by atoms with van der Waals surface area (Å²) in [5.41, 5.74) is 2.54. The maximum Gasteiger partial charge on any atom is 0.261 e. The second-order valence-corrected chi connectivity index (χ2v) is 7.82. The minimum Gasteiger partial charge on any atom is -0.467 e. The van der Waals surface area contributed by atoms with Crippen molar-refractivity contribution in [3.05, 3.63) is 100 Å². The summed E-state index contributed by atoms with van der Waals surface area (Å²) in [6, 6.07) is 22.8. The highest BCUT2D eigenvalue weighted by molar-refractivity contribution is 6.38. The van der Waals surface area contributed by atoms with E-state index in [1.807, 2.05) is 60.7 Å². The van der Waals surface area contributed by atoms with Crippen molar-refractivity contribution in [3.63, 3.8) is 0 Å². The zero-order valence-electron chi connectivity index (χ0n) is 16.7. The van der Waals surface area contributed by atoms with Crippen molar-refractivity contribution in [3.8, 4) is 5.88 Å². The van der Waals surface area contributed by atoms with E-state index in [-0.39, 0.29) is 24.4 Å². The Morgan fingerprint density at radius 1 is 0.968 bits per heavy atom. The molecule has 0 aliphatic carbocycles. The van der Waals surface area contributed by atoms with Crippen molar-refractivity contribution in [1.29, 1.82) is 0 Å². The summed E-state index contributed by atoms with van der Waals surface area (Å²) in [6.07, 6.45) is 1.35. The molecule has 1 heterocycles. The van der Waals surface area contributed by atoms with Gasteiger partial charge >= 0.3 is 0 Å². The van der Waals surface area contributed by atoms with Gasteiger partial charge in [-0.1, -0.05) is 83.9 Å². The summed E-state index contributed by atoms with van der Waals surface area (Å²) in [4.78, 5) is 23.1. The molecule has 0 saturated heterocycles. The lowest BCUT2D eigenvalue weighted by molar-refractivity contribution is -0.133. The molecule has 1 amide bonds. The fourth-order valence-corrected chi connectivity index (χ4v) is 4.01. The van der Waals surface area contributed by atoms with Crippen LogP contribution in [-0.4, -0.2) is 34.4 Å². The highest BCUT2D eigenvalue weighted by atomic mass is 35.5. The molecular weight excluding hydrogens is 433 g/mol. The Labute approximate surface area is 190 Å². The number of aromatic nitrogens is 2. The van der Waals surface area contributed by atoms with Crippen LogP contribution in [0.25, 0.3) is 10.9 Å². The van der Waals surface area contributed by atoms with Crippen LogP contribution in [0.15, 0.2) is 79.1 Å². The van der Waals surface area contributed by atoms with E-state index < -0.39 is 0 Å². The van der Waals surface area contributed by atoms with Crippen molar-refractivity contribution >= 4 is 40.0 Å². The van der Waals surface area contributed by atoms with Crippen LogP contribution in [0.2, 0.25) is 10.0 Å². The van der Waals surface area contributed by atoms with E-state index in [4.69, 9.17) is 27.9 Å². The van der Waals surface area contributed by atoms with E-state index in [1.165, 1.54) is 6.33 Å². The van der Waals surface area contributed by atoms with E-state index >= 15 is 0 Å². The van der Waals surface area contributed by atoms with E-state index in [9.17, 15) is 4.79 Å². The van der Waals surface area contributed by atoms with Gasteiger partial charge < -0.3 is 9.64 Å². The van der Waals surface area contributed by atoms with Crippen molar-refractivity contribution in [1.82, 2.24) is 14.9 Å². The molecule has 0 spiro atoms. The smallest absolute Gasteiger partial charge is 0.261 e. The van der Waals surface area contributed by atoms with Crippen molar-refractivity contribution in [2.75, 3.05) is 13.7 Å². The summed E-state index contributed by atoms with van der Waals surface area (Å²) >= 11 is 12.3. The van der Waals surface area contributed by atoms with Crippen molar-refractivity contribution < 1.29 is 9.53 Å². The fraction of sp³-hybridized carbons (Fsp3) is 0.125. The largest absolute Gasteiger partial charge is 0.467 e. The zero-order chi connectivity index (χ0) is 21.8. The van der Waals surface area contributed by atoms with Gasteiger partial charge in [-0.15, -0.1) is 0 Å². The second kappa shape index (κ2) is 9.33. The van der Waals surface area contributed by atoms with Gasteiger partial charge in [-0.3, -0.25) is 4.79 Å². The molecule has 4 aromatic rings. The van der Waals surface area contributed by atoms with Gasteiger partial charge in [0, 0.05) is 12.1 Å². The quantitative estimate of drug-likeness (QED) is 0.384. The first kappa shape index (κ1) is 21.1. The van der Waals surface area contributed by atoms with Crippen LogP contribution in [0.1, 0.15) is 17.2 Å². The predicted molar refractivity (Wildman–Crippen MR) is 123 cm³/mol. The van der Waals surface area contributed by atoms with E-state index in [2.05, 4.69) is 9.97 Å². The maximum absolute atomic E-state index is 13.1. The molecule has 0 atom stereocenters. The van der Waals surface area contributed by atoms with Crippen molar-refractivity contribution in [2.24, 2.45) is 0 Å². The number of nitrogens with zero attached hydrogens (tertiary/aromatic N) is 3. The number of hydrogen-bond acceptors (Lipinski definition) is 4. The normalized spacial score (nSPS) is 11.0. The molecule has 7 heteroatoms. The Morgan fingerprint density at radius 3 is 2.19 bits per heavy atom. The molecule has 0 bridgehead atoms. The molecule has 4 rings (SSSR count). The first-order valence-corrected chi connectivity index (χ1v) is 10.4. The lowest BCUT2D eigenvalue weighted by Crippen LogP contribution is -2.35. The van der Waals surface area contributed by atoms with Gasteiger partial charge in [0.25, 0.3) is 5.91 Å². The SMILES string of the molecule is CN(C(=O)COc1ncnc2c(Cl)cc(Cl)cc12)C(c1ccccc1)c1ccccc1. The number of fused-ring (bicyclic) bond motifs is 1. The number of ether oxygens (including phenoxy) is 1. The van der Waals surface area contributed by atoms with Crippen LogP contribution < -0.4 is 4.74 Å². The summed E-state index contributed by atoms with van der Waals surface area (Å²) in [7, 11) is 1.77. The lowest BCUT2D eigenvalue weighted by atomic mass is 9.97. The third-order valence-corrected chi connectivity index (χ3v) is 5.47. The molecule has 31 heavy (non-hydrogen) atoms. The molecule has 0 unspecified atom stereocenters. The molecular formula is C24H19Cl2N3O2. The van der Waals surface area contributed by atoms with Crippen LogP contribution in [0.4, 0.5) is 0 Å². The fourth-order valence-electron chi connectivity index (χ4n) is 3.47. The molecule has 0 aliphatic heterocycles. The topological polar surface area (TPSA) is 55.3 Å². The van der Waals surface area contributed by atoms with Crippen LogP contribution >= 0.6 is 23.2 Å². The average molecular weight is 452 g/mol. The van der Waals surface area contributed by atoms with E-state index in [0.717, 1.165) is 11.1 Å². The number of carbonyl (C=O) groups excluding carboxylic acids is 1. The molecule has 1 aromatic heterocycles. The Bertz CT molecular complexity index is 1160. The van der Waals surface area contributed by atoms with Crippen LogP contribution in [0.3, 0.4) is 0 Å². The van der Waals surface area contributed by atoms with Gasteiger partial charge in [-0.2, -0.15) is 0 Å². The minimum absolute atomic E-state index is 0.192. The Morgan fingerprint density at radius 2 is 1.58 bits per heavy atom. The monoisotopic (exact) mass is 451 g/mol. The first-order chi connectivity index (χ1) is 15.0. The number of carbonyl (C=O) groups is 1. The van der Waals surface area contributed by atoms with Gasteiger partial charge in [-0.25, -0.2) is 9.97 Å². The van der Waals surface area contributed by atoms with Crippen LogP contribution in [0, 0.1) is 0 Å². The number of rotatable bonds is 6. The average Bonchev–Trinajstić information content (AvgIpc) is 2.79. The number of hydrogen-bond donors (Lipinski definition) is 0. The molecule has 0 radical (unpaired) electrons. The minimum atomic E-state index is -0.246. The number of amides is 1. The Kier molecular flexibility index (Phi) is 6.35. The molecule has 3 aromatic carbocycles. The van der Waals surface area contributed by atoms with Crippen LogP contribution in [-0.2, 0) is 4.79 Å². The molecule has 0 aliphatic rings. The lowest BCUT2D eigenvalue weighted by Gasteiger charge is -2.29. The van der Waals surface area contributed by atoms with E-state index in [1.54, 1.807) is 24.1 Å². The molecule has 0 saturated carbocycles. The van der Waals surface area contributed by atoms with Gasteiger partial charge in [0.1, 0.15) is 6.33 Å². The van der Waals surface area contributed by atoms with E-state index in [0.29, 0.717) is 20.9 Å². The molecule has 0 N–H and O–H groups in total. The summed E-state index contributed by atoms with van der Waals surface area (Å²) in [6.45, 7) is -0.192.